The van der Waals surface area contributed by atoms with Crippen molar-refractivity contribution < 1.29 is 24.5 Å². The number of hydrogen-bond acceptors (Lipinski definition) is 5. The van der Waals surface area contributed by atoms with E-state index >= 15 is 0 Å². The van der Waals surface area contributed by atoms with Gasteiger partial charge in [-0.15, -0.1) is 0 Å². The molecule has 2 amide bonds. The summed E-state index contributed by atoms with van der Waals surface area (Å²) < 4.78 is 6.99. The fourth-order valence-corrected chi connectivity index (χ4v) is 4.18. The molecule has 30 heavy (non-hydrogen) atoms. The molecule has 0 heterocycles. The second kappa shape index (κ2) is 10.6. The SMILES string of the molecule is CCC(=O)N(CC1CC1)[C@@H]1CC(C(=O)NCCO)=C[C@H](Oc2ccccc2I)[C@H]1O. The first-order valence-electron chi connectivity index (χ1n) is 10.4. The second-order valence-electron chi connectivity index (χ2n) is 7.79. The Labute approximate surface area is 190 Å². The maximum Gasteiger partial charge on any atom is 0.247 e. The number of ether oxygens (including phenoxy) is 1. The zero-order valence-electron chi connectivity index (χ0n) is 17.1. The lowest BCUT2D eigenvalue weighted by Crippen LogP contribution is -2.55. The molecule has 0 aliphatic heterocycles. The molecule has 1 aromatic carbocycles. The number of nitrogens with zero attached hydrogens (tertiary/aromatic N) is 1. The summed E-state index contributed by atoms with van der Waals surface area (Å²) in [7, 11) is 0. The van der Waals surface area contributed by atoms with Crippen molar-refractivity contribution in [2.75, 3.05) is 19.7 Å². The highest BCUT2D eigenvalue weighted by Gasteiger charge is 2.41. The van der Waals surface area contributed by atoms with E-state index in [1.807, 2.05) is 31.2 Å². The summed E-state index contributed by atoms with van der Waals surface area (Å²) in [4.78, 5) is 27.1. The van der Waals surface area contributed by atoms with Crippen molar-refractivity contribution in [3.63, 3.8) is 0 Å². The van der Waals surface area contributed by atoms with Gasteiger partial charge < -0.3 is 25.2 Å². The summed E-state index contributed by atoms with van der Waals surface area (Å²) in [6, 6.07) is 6.93. The number of aliphatic hydroxyl groups excluding tert-OH is 2. The Morgan fingerprint density at radius 1 is 1.30 bits per heavy atom. The average Bonchev–Trinajstić information content (AvgIpc) is 3.57. The maximum absolute atomic E-state index is 12.7. The molecule has 2 aliphatic carbocycles. The maximum atomic E-state index is 12.7. The summed E-state index contributed by atoms with van der Waals surface area (Å²) in [6.07, 6.45) is 2.68. The number of aliphatic hydroxyl groups is 2. The first-order valence-corrected chi connectivity index (χ1v) is 11.5. The molecule has 1 saturated carbocycles. The van der Waals surface area contributed by atoms with Crippen LogP contribution in [0.15, 0.2) is 35.9 Å². The Kier molecular flexibility index (Phi) is 8.13. The number of amides is 2. The van der Waals surface area contributed by atoms with E-state index in [1.165, 1.54) is 0 Å². The number of para-hydroxylation sites is 1. The molecule has 0 bridgehead atoms. The van der Waals surface area contributed by atoms with Crippen LogP contribution in [0.3, 0.4) is 0 Å². The fraction of sp³-hybridized carbons (Fsp3) is 0.545. The highest BCUT2D eigenvalue weighted by molar-refractivity contribution is 14.1. The predicted octanol–water partition coefficient (Wildman–Crippen LogP) is 1.86. The van der Waals surface area contributed by atoms with E-state index in [4.69, 9.17) is 9.84 Å². The summed E-state index contributed by atoms with van der Waals surface area (Å²) in [6.45, 7) is 2.39. The van der Waals surface area contributed by atoms with Gasteiger partial charge in [0.1, 0.15) is 18.0 Å². The smallest absolute Gasteiger partial charge is 0.247 e. The average molecular weight is 528 g/mol. The number of halogens is 1. The van der Waals surface area contributed by atoms with Gasteiger partial charge in [0.15, 0.2) is 0 Å². The van der Waals surface area contributed by atoms with Gasteiger partial charge in [-0.3, -0.25) is 9.59 Å². The van der Waals surface area contributed by atoms with Crippen molar-refractivity contribution in [1.29, 1.82) is 0 Å². The molecule has 7 nitrogen and oxygen atoms in total. The Balaban J connectivity index is 1.89. The molecule has 2 aliphatic rings. The first kappa shape index (κ1) is 23.0. The molecule has 1 aromatic rings. The van der Waals surface area contributed by atoms with Crippen LogP contribution in [0.2, 0.25) is 0 Å². The Hall–Kier alpha value is -1.65. The molecule has 3 N–H and O–H groups in total. The minimum absolute atomic E-state index is 0.0315. The molecular weight excluding hydrogens is 499 g/mol. The van der Waals surface area contributed by atoms with Crippen LogP contribution in [0.25, 0.3) is 0 Å². The van der Waals surface area contributed by atoms with Crippen molar-refractivity contribution in [3.8, 4) is 5.75 Å². The summed E-state index contributed by atoms with van der Waals surface area (Å²) >= 11 is 2.16. The van der Waals surface area contributed by atoms with Gasteiger partial charge in [-0.05, 0) is 59.6 Å². The molecule has 0 radical (unpaired) electrons. The lowest BCUT2D eigenvalue weighted by Gasteiger charge is -2.40. The molecule has 1 fully saturated rings. The topological polar surface area (TPSA) is 99.1 Å². The Morgan fingerprint density at radius 3 is 2.67 bits per heavy atom. The molecule has 0 aromatic heterocycles. The minimum Gasteiger partial charge on any atom is -0.482 e. The third-order valence-corrected chi connectivity index (χ3v) is 6.38. The number of rotatable bonds is 9. The lowest BCUT2D eigenvalue weighted by atomic mass is 9.88. The zero-order chi connectivity index (χ0) is 21.7. The van der Waals surface area contributed by atoms with Gasteiger partial charge >= 0.3 is 0 Å². The molecule has 0 unspecified atom stereocenters. The molecule has 8 heteroatoms. The highest BCUT2D eigenvalue weighted by Crippen LogP contribution is 2.34. The number of nitrogens with one attached hydrogen (secondary N) is 1. The number of hydrogen-bond donors (Lipinski definition) is 3. The predicted molar refractivity (Wildman–Crippen MR) is 121 cm³/mol. The van der Waals surface area contributed by atoms with E-state index in [0.29, 0.717) is 30.2 Å². The largest absolute Gasteiger partial charge is 0.482 e. The van der Waals surface area contributed by atoms with Crippen molar-refractivity contribution in [2.45, 2.75) is 50.9 Å². The van der Waals surface area contributed by atoms with Crippen LogP contribution in [0.5, 0.6) is 5.75 Å². The van der Waals surface area contributed by atoms with Gasteiger partial charge in [0.25, 0.3) is 0 Å². The van der Waals surface area contributed by atoms with E-state index in [2.05, 4.69) is 27.9 Å². The van der Waals surface area contributed by atoms with Crippen LogP contribution in [0, 0.1) is 9.49 Å². The summed E-state index contributed by atoms with van der Waals surface area (Å²) in [5.41, 5.74) is 0.458. The monoisotopic (exact) mass is 528 g/mol. The van der Waals surface area contributed by atoms with Gasteiger partial charge in [0.2, 0.25) is 11.8 Å². The third-order valence-electron chi connectivity index (χ3n) is 5.49. The van der Waals surface area contributed by atoms with Crippen LogP contribution in [-0.2, 0) is 9.59 Å². The van der Waals surface area contributed by atoms with Gasteiger partial charge in [-0.2, -0.15) is 0 Å². The number of carbonyl (C=O) groups is 2. The van der Waals surface area contributed by atoms with Crippen LogP contribution in [0.4, 0.5) is 0 Å². The molecular formula is C22H29IN2O5. The van der Waals surface area contributed by atoms with E-state index < -0.39 is 18.2 Å². The Bertz CT molecular complexity index is 795. The number of carbonyl (C=O) groups excluding carboxylic acids is 2. The van der Waals surface area contributed by atoms with Crippen molar-refractivity contribution in [3.05, 3.63) is 39.5 Å². The molecule has 0 spiro atoms. The number of benzene rings is 1. The first-order chi connectivity index (χ1) is 14.4. The normalized spacial score (nSPS) is 23.5. The van der Waals surface area contributed by atoms with E-state index in [1.54, 1.807) is 11.0 Å². The van der Waals surface area contributed by atoms with Crippen LogP contribution in [0.1, 0.15) is 32.6 Å². The Morgan fingerprint density at radius 2 is 2.03 bits per heavy atom. The van der Waals surface area contributed by atoms with Crippen molar-refractivity contribution >= 4 is 34.4 Å². The van der Waals surface area contributed by atoms with Gasteiger partial charge in [-0.25, -0.2) is 0 Å². The standard InChI is InChI=1S/C22H29IN2O5/c1-2-20(27)25(13-14-7-8-14)17-11-15(22(29)24-9-10-26)12-19(21(17)28)30-18-6-4-3-5-16(18)23/h3-6,12,14,17,19,21,26,28H,2,7-11,13H2,1H3,(H,24,29)/t17-,19+,21+/m1/s1. The lowest BCUT2D eigenvalue weighted by molar-refractivity contribution is -0.138. The molecule has 164 valence electrons. The van der Waals surface area contributed by atoms with E-state index in [0.717, 1.165) is 16.4 Å². The van der Waals surface area contributed by atoms with Crippen LogP contribution in [-0.4, -0.2) is 64.9 Å². The fourth-order valence-electron chi connectivity index (χ4n) is 3.67. The zero-order valence-corrected chi connectivity index (χ0v) is 19.2. The molecule has 3 atom stereocenters. The summed E-state index contributed by atoms with van der Waals surface area (Å²) in [5, 5.41) is 22.9. The van der Waals surface area contributed by atoms with E-state index in [-0.39, 0.29) is 31.4 Å². The van der Waals surface area contributed by atoms with Gasteiger partial charge in [0.05, 0.1) is 16.2 Å². The minimum atomic E-state index is -0.954. The molecule has 0 saturated heterocycles. The third kappa shape index (κ3) is 5.73. The quantitative estimate of drug-likeness (QED) is 0.425. The van der Waals surface area contributed by atoms with E-state index in [9.17, 15) is 14.7 Å². The van der Waals surface area contributed by atoms with Gasteiger partial charge in [0, 0.05) is 31.5 Å². The van der Waals surface area contributed by atoms with Crippen LogP contribution >= 0.6 is 22.6 Å². The van der Waals surface area contributed by atoms with Gasteiger partial charge in [-0.1, -0.05) is 19.1 Å². The summed E-state index contributed by atoms with van der Waals surface area (Å²) in [5.74, 6) is 0.730. The van der Waals surface area contributed by atoms with Crippen molar-refractivity contribution in [2.24, 2.45) is 5.92 Å². The highest BCUT2D eigenvalue weighted by atomic mass is 127. The second-order valence-corrected chi connectivity index (χ2v) is 8.95. The molecule has 3 rings (SSSR count). The van der Waals surface area contributed by atoms with Crippen LogP contribution < -0.4 is 10.1 Å². The van der Waals surface area contributed by atoms with Crippen molar-refractivity contribution in [1.82, 2.24) is 10.2 Å².